The van der Waals surface area contributed by atoms with Crippen molar-refractivity contribution in [1.29, 1.82) is 0 Å². The summed E-state index contributed by atoms with van der Waals surface area (Å²) in [6.07, 6.45) is 1.31. The molecule has 0 saturated heterocycles. The fourth-order valence-corrected chi connectivity index (χ4v) is 2.95. The predicted octanol–water partition coefficient (Wildman–Crippen LogP) is 1.49. The van der Waals surface area contributed by atoms with E-state index in [0.29, 0.717) is 11.3 Å². The third-order valence-electron chi connectivity index (χ3n) is 3.99. The van der Waals surface area contributed by atoms with E-state index in [2.05, 4.69) is 9.97 Å². The summed E-state index contributed by atoms with van der Waals surface area (Å²) >= 11 is 0. The fourth-order valence-electron chi connectivity index (χ4n) is 2.95. The molecule has 1 fully saturated rings. The summed E-state index contributed by atoms with van der Waals surface area (Å²) < 4.78 is 19.8. The highest BCUT2D eigenvalue weighted by Crippen LogP contribution is 2.52. The van der Waals surface area contributed by atoms with Gasteiger partial charge in [-0.05, 0) is 31.3 Å². The lowest BCUT2D eigenvalue weighted by molar-refractivity contribution is 0.0419. The second-order valence-corrected chi connectivity index (χ2v) is 5.19. The molecule has 2 aliphatic carbocycles. The Hall–Kier alpha value is -1.69. The Morgan fingerprint density at radius 1 is 1.26 bits per heavy atom. The van der Waals surface area contributed by atoms with E-state index in [-0.39, 0.29) is 17.3 Å². The first kappa shape index (κ1) is 12.3. The molecule has 1 aromatic rings. The number of H-pyrrole nitrogens is 2. The number of fused-ring (bicyclic) bond motifs is 1. The Bertz CT molecular complexity index is 669. The Kier molecular flexibility index (Phi) is 2.70. The Balaban J connectivity index is 2.28. The molecule has 2 unspecified atom stereocenters. The van der Waals surface area contributed by atoms with Gasteiger partial charge in [-0.1, -0.05) is 0 Å². The third-order valence-corrected chi connectivity index (χ3v) is 3.99. The molecule has 0 spiro atoms. The maximum atomic E-state index is 14.5. The molecule has 6 heteroatoms. The summed E-state index contributed by atoms with van der Waals surface area (Å²) in [6.45, 7) is 1.57. The van der Waals surface area contributed by atoms with Crippen LogP contribution in [-0.4, -0.2) is 17.1 Å². The molecule has 1 aromatic heterocycles. The highest BCUT2D eigenvalue weighted by molar-refractivity contribution is 5.69. The highest BCUT2D eigenvalue weighted by atomic mass is 19.1. The van der Waals surface area contributed by atoms with Gasteiger partial charge in [0.25, 0.3) is 5.56 Å². The van der Waals surface area contributed by atoms with Crippen molar-refractivity contribution < 1.29 is 9.13 Å². The maximum Gasteiger partial charge on any atom is 0.326 e. The molecule has 1 heterocycles. The summed E-state index contributed by atoms with van der Waals surface area (Å²) in [5.74, 6) is -0.454. The van der Waals surface area contributed by atoms with E-state index in [9.17, 15) is 14.0 Å². The minimum Gasteiger partial charge on any atom is -0.374 e. The number of aromatic nitrogens is 2. The molecule has 3 rings (SSSR count). The molecule has 1 saturated carbocycles. The maximum absolute atomic E-state index is 14.5. The second kappa shape index (κ2) is 4.16. The zero-order chi connectivity index (χ0) is 13.7. The van der Waals surface area contributed by atoms with Crippen molar-refractivity contribution >= 4 is 5.57 Å². The van der Waals surface area contributed by atoms with Crippen LogP contribution in [0.2, 0.25) is 0 Å². The van der Waals surface area contributed by atoms with Crippen LogP contribution in [0.3, 0.4) is 0 Å². The van der Waals surface area contributed by atoms with Gasteiger partial charge in [0.1, 0.15) is 11.9 Å². The molecule has 0 aliphatic heterocycles. The highest BCUT2D eigenvalue weighted by Gasteiger charge is 2.45. The first-order chi connectivity index (χ1) is 9.04. The van der Waals surface area contributed by atoms with Gasteiger partial charge < -0.3 is 9.72 Å². The molecule has 2 aliphatic rings. The van der Waals surface area contributed by atoms with Gasteiger partial charge in [0.15, 0.2) is 0 Å². The van der Waals surface area contributed by atoms with Crippen LogP contribution in [0.15, 0.2) is 15.4 Å². The summed E-state index contributed by atoms with van der Waals surface area (Å²) in [7, 11) is 1.47. The van der Waals surface area contributed by atoms with Gasteiger partial charge >= 0.3 is 5.69 Å². The average molecular weight is 266 g/mol. The van der Waals surface area contributed by atoms with Gasteiger partial charge in [0.05, 0.1) is 11.3 Å². The topological polar surface area (TPSA) is 75.0 Å². The average Bonchev–Trinajstić information content (AvgIpc) is 3.16. The molecule has 0 aromatic carbocycles. The number of rotatable bonds is 2. The van der Waals surface area contributed by atoms with Gasteiger partial charge in [-0.15, -0.1) is 0 Å². The van der Waals surface area contributed by atoms with Crippen LogP contribution in [0.5, 0.6) is 0 Å². The molecule has 0 radical (unpaired) electrons. The number of nitrogens with one attached hydrogen (secondary N) is 2. The molecule has 0 amide bonds. The van der Waals surface area contributed by atoms with Gasteiger partial charge in [-0.25, -0.2) is 9.18 Å². The Morgan fingerprint density at radius 2 is 1.95 bits per heavy atom. The zero-order valence-electron chi connectivity index (χ0n) is 10.7. The van der Waals surface area contributed by atoms with Gasteiger partial charge in [0.2, 0.25) is 0 Å². The van der Waals surface area contributed by atoms with Crippen LogP contribution in [0.4, 0.5) is 4.39 Å². The molecule has 19 heavy (non-hydrogen) atoms. The van der Waals surface area contributed by atoms with Crippen molar-refractivity contribution in [1.82, 2.24) is 9.97 Å². The smallest absolute Gasteiger partial charge is 0.326 e. The lowest BCUT2D eigenvalue weighted by atomic mass is 9.82. The standard InChI is InChI=1S/C13H15FN2O3/c1-5-7-10(15-13(18)16-12(7)17)11(19-2)8(9(5)14)6-3-4-6/h6,8,11H,3-4H2,1-2H3,(H2,15,16,17,18). The van der Waals surface area contributed by atoms with Crippen LogP contribution >= 0.6 is 0 Å². The third kappa shape index (κ3) is 1.78. The number of hydrogen-bond acceptors (Lipinski definition) is 3. The van der Waals surface area contributed by atoms with Crippen molar-refractivity contribution in [3.63, 3.8) is 0 Å². The molecule has 2 N–H and O–H groups in total. The van der Waals surface area contributed by atoms with E-state index >= 15 is 0 Å². The van der Waals surface area contributed by atoms with Crippen LogP contribution in [0, 0.1) is 11.8 Å². The first-order valence-electron chi connectivity index (χ1n) is 6.30. The number of methoxy groups -OCH3 is 1. The minimum absolute atomic E-state index is 0.195. The van der Waals surface area contributed by atoms with Crippen molar-refractivity contribution in [3.05, 3.63) is 37.9 Å². The summed E-state index contributed by atoms with van der Waals surface area (Å²) in [5, 5.41) is 0. The minimum atomic E-state index is -0.596. The van der Waals surface area contributed by atoms with Crippen LogP contribution in [0.1, 0.15) is 37.1 Å². The van der Waals surface area contributed by atoms with Crippen LogP contribution in [0.25, 0.3) is 5.57 Å². The number of allylic oxidation sites excluding steroid dienone is 1. The van der Waals surface area contributed by atoms with E-state index in [4.69, 9.17) is 4.74 Å². The molecule has 102 valence electrons. The van der Waals surface area contributed by atoms with E-state index in [1.54, 1.807) is 6.92 Å². The summed E-state index contributed by atoms with van der Waals surface area (Å²) in [6, 6.07) is 0. The quantitative estimate of drug-likeness (QED) is 0.851. The lowest BCUT2D eigenvalue weighted by Gasteiger charge is -2.31. The van der Waals surface area contributed by atoms with Crippen molar-refractivity contribution in [2.75, 3.05) is 7.11 Å². The van der Waals surface area contributed by atoms with Gasteiger partial charge in [-0.3, -0.25) is 9.78 Å². The van der Waals surface area contributed by atoms with Crippen LogP contribution in [-0.2, 0) is 4.74 Å². The fraction of sp³-hybridized carbons (Fsp3) is 0.538. The predicted molar refractivity (Wildman–Crippen MR) is 67.3 cm³/mol. The normalized spacial score (nSPS) is 26.5. The Morgan fingerprint density at radius 3 is 2.53 bits per heavy atom. The molecular formula is C13H15FN2O3. The largest absolute Gasteiger partial charge is 0.374 e. The van der Waals surface area contributed by atoms with Crippen molar-refractivity contribution in [3.8, 4) is 0 Å². The summed E-state index contributed by atoms with van der Waals surface area (Å²) in [4.78, 5) is 28.0. The van der Waals surface area contributed by atoms with E-state index in [1.165, 1.54) is 7.11 Å². The van der Waals surface area contributed by atoms with E-state index in [1.807, 2.05) is 0 Å². The first-order valence-corrected chi connectivity index (χ1v) is 6.30. The monoisotopic (exact) mass is 266 g/mol. The number of hydrogen-bond donors (Lipinski definition) is 2. The molecule has 2 atom stereocenters. The number of ether oxygens (including phenoxy) is 1. The van der Waals surface area contributed by atoms with Gasteiger partial charge in [0, 0.05) is 13.0 Å². The lowest BCUT2D eigenvalue weighted by Crippen LogP contribution is -2.34. The second-order valence-electron chi connectivity index (χ2n) is 5.19. The molecular weight excluding hydrogens is 251 g/mol. The SMILES string of the molecule is COC1c2[nH]c(=O)[nH]c(=O)c2C(C)=C(F)C1C1CC1. The molecule has 0 bridgehead atoms. The zero-order valence-corrected chi connectivity index (χ0v) is 10.7. The summed E-state index contributed by atoms with van der Waals surface area (Å²) in [5.41, 5.74) is -0.260. The van der Waals surface area contributed by atoms with E-state index < -0.39 is 23.3 Å². The Labute approximate surface area is 108 Å². The van der Waals surface area contributed by atoms with Gasteiger partial charge in [-0.2, -0.15) is 0 Å². The number of halogens is 1. The van der Waals surface area contributed by atoms with E-state index in [0.717, 1.165) is 12.8 Å². The van der Waals surface area contributed by atoms with Crippen molar-refractivity contribution in [2.24, 2.45) is 11.8 Å². The number of aromatic amines is 2. The van der Waals surface area contributed by atoms with Crippen LogP contribution < -0.4 is 11.2 Å². The van der Waals surface area contributed by atoms with Crippen molar-refractivity contribution in [2.45, 2.75) is 25.9 Å². The molecule has 5 nitrogen and oxygen atoms in total.